The number of nitrogens with zero attached hydrogens (tertiary/aromatic N) is 4. The minimum absolute atomic E-state index is 0.0151. The molecule has 3 rings (SSSR count). The van der Waals surface area contributed by atoms with Gasteiger partial charge in [-0.1, -0.05) is 17.7 Å². The number of hydrogen-bond donors (Lipinski definition) is 1. The van der Waals surface area contributed by atoms with Crippen LogP contribution in [0.4, 0.5) is 5.69 Å². The lowest BCUT2D eigenvalue weighted by Crippen LogP contribution is -2.19. The lowest BCUT2D eigenvalue weighted by molar-refractivity contribution is 0.0379. The fourth-order valence-electron chi connectivity index (χ4n) is 2.52. The van der Waals surface area contributed by atoms with Crippen LogP contribution in [0.25, 0.3) is 5.78 Å². The van der Waals surface area contributed by atoms with Crippen molar-refractivity contribution in [2.45, 2.75) is 39.0 Å². The number of esters is 1. The van der Waals surface area contributed by atoms with E-state index in [4.69, 9.17) is 16.3 Å². The fourth-order valence-corrected chi connectivity index (χ4v) is 3.77. The third-order valence-electron chi connectivity index (χ3n) is 3.65. The number of fused-ring (bicyclic) bond motifs is 1. The highest BCUT2D eigenvalue weighted by Gasteiger charge is 2.26. The maximum atomic E-state index is 12.8. The van der Waals surface area contributed by atoms with Gasteiger partial charge in [0.1, 0.15) is 0 Å². The number of sulfonamides is 1. The van der Waals surface area contributed by atoms with Gasteiger partial charge in [0, 0.05) is 11.4 Å². The van der Waals surface area contributed by atoms with Crippen LogP contribution in [-0.4, -0.2) is 40.1 Å². The van der Waals surface area contributed by atoms with E-state index in [-0.39, 0.29) is 28.2 Å². The van der Waals surface area contributed by atoms with Crippen molar-refractivity contribution in [2.24, 2.45) is 0 Å². The third-order valence-corrected chi connectivity index (χ3v) is 5.09. The van der Waals surface area contributed by atoms with Gasteiger partial charge in [0.15, 0.2) is 0 Å². The van der Waals surface area contributed by atoms with Gasteiger partial charge in [0.2, 0.25) is 0 Å². The Hall–Kier alpha value is -2.72. The fraction of sp³-hybridized carbons (Fsp3) is 0.294. The smallest absolute Gasteiger partial charge is 0.340 e. The molecule has 2 heterocycles. The molecule has 2 aromatic heterocycles. The second-order valence-electron chi connectivity index (χ2n) is 6.37. The number of aryl methyl sites for hydroxylation is 2. The first-order chi connectivity index (χ1) is 13.1. The Morgan fingerprint density at radius 3 is 2.64 bits per heavy atom. The van der Waals surface area contributed by atoms with Gasteiger partial charge in [-0.05, 0) is 45.9 Å². The molecule has 28 heavy (non-hydrogen) atoms. The van der Waals surface area contributed by atoms with Crippen molar-refractivity contribution in [2.75, 3.05) is 4.72 Å². The Morgan fingerprint density at radius 1 is 1.25 bits per heavy atom. The summed E-state index contributed by atoms with van der Waals surface area (Å²) in [5.74, 6) is -0.553. The van der Waals surface area contributed by atoms with E-state index in [2.05, 4.69) is 19.8 Å². The van der Waals surface area contributed by atoms with Crippen LogP contribution in [0.15, 0.2) is 29.4 Å². The molecule has 0 saturated carbocycles. The maximum Gasteiger partial charge on any atom is 0.340 e. The molecule has 0 aliphatic rings. The highest BCUT2D eigenvalue weighted by molar-refractivity contribution is 7.92. The van der Waals surface area contributed by atoms with Crippen LogP contribution in [-0.2, 0) is 14.8 Å². The van der Waals surface area contributed by atoms with Crippen molar-refractivity contribution < 1.29 is 17.9 Å². The summed E-state index contributed by atoms with van der Waals surface area (Å²) in [4.78, 5) is 20.5. The second kappa shape index (κ2) is 7.36. The number of benzene rings is 1. The summed E-state index contributed by atoms with van der Waals surface area (Å²) in [6, 6.07) is 6.15. The lowest BCUT2D eigenvalue weighted by atomic mass is 10.2. The van der Waals surface area contributed by atoms with Gasteiger partial charge in [0.05, 0.1) is 22.4 Å². The molecule has 148 valence electrons. The van der Waals surface area contributed by atoms with Crippen molar-refractivity contribution in [3.8, 4) is 0 Å². The largest absolute Gasteiger partial charge is 0.459 e. The molecular formula is C17H18ClN5O4S. The molecule has 0 amide bonds. The molecule has 1 aromatic carbocycles. The topological polar surface area (TPSA) is 116 Å². The summed E-state index contributed by atoms with van der Waals surface area (Å²) in [6.45, 7) is 6.90. The van der Waals surface area contributed by atoms with Crippen LogP contribution in [0.5, 0.6) is 0 Å². The van der Waals surface area contributed by atoms with E-state index < -0.39 is 21.1 Å². The number of carbonyl (C=O) groups is 1. The van der Waals surface area contributed by atoms with Gasteiger partial charge in [-0.25, -0.2) is 14.3 Å². The van der Waals surface area contributed by atoms with Gasteiger partial charge in [-0.2, -0.15) is 13.4 Å². The molecule has 9 nitrogen and oxygen atoms in total. The quantitative estimate of drug-likeness (QED) is 0.627. The molecule has 0 aliphatic carbocycles. The van der Waals surface area contributed by atoms with E-state index in [0.717, 1.165) is 0 Å². The molecule has 1 N–H and O–H groups in total. The molecule has 0 aliphatic heterocycles. The highest BCUT2D eigenvalue weighted by atomic mass is 35.5. The number of nitrogens with one attached hydrogen (secondary N) is 1. The summed E-state index contributed by atoms with van der Waals surface area (Å²) < 4.78 is 34.4. The summed E-state index contributed by atoms with van der Waals surface area (Å²) in [6.07, 6.45) is -0.381. The molecule has 0 saturated heterocycles. The summed E-state index contributed by atoms with van der Waals surface area (Å²) in [5, 5.41) is 3.56. The molecule has 3 aromatic rings. The number of hydrogen-bond acceptors (Lipinski definition) is 7. The molecule has 0 atom stereocenters. The number of aromatic nitrogens is 4. The molecule has 0 radical (unpaired) electrons. The van der Waals surface area contributed by atoms with E-state index in [9.17, 15) is 13.2 Å². The first-order valence-corrected chi connectivity index (χ1v) is 10.2. The molecular weight excluding hydrogens is 406 g/mol. The first-order valence-electron chi connectivity index (χ1n) is 8.32. The SMILES string of the molecule is Cc1cc(C)n2nc(S(=O)(=O)Nc3c(Cl)cccc3C(=O)OC(C)C)nc2n1. The molecule has 0 spiro atoms. The number of carbonyl (C=O) groups excluding carboxylic acids is 1. The minimum atomic E-state index is -4.24. The minimum Gasteiger partial charge on any atom is -0.459 e. The van der Waals surface area contributed by atoms with Crippen LogP contribution >= 0.6 is 11.6 Å². The predicted molar refractivity (Wildman–Crippen MR) is 103 cm³/mol. The van der Waals surface area contributed by atoms with Crippen molar-refractivity contribution in [1.82, 2.24) is 19.6 Å². The maximum absolute atomic E-state index is 12.8. The van der Waals surface area contributed by atoms with Crippen molar-refractivity contribution in [3.05, 3.63) is 46.2 Å². The van der Waals surface area contributed by atoms with E-state index >= 15 is 0 Å². The number of ether oxygens (including phenoxy) is 1. The van der Waals surface area contributed by atoms with Crippen LogP contribution in [0.1, 0.15) is 35.6 Å². The number of para-hydroxylation sites is 1. The zero-order chi connectivity index (χ0) is 20.6. The van der Waals surface area contributed by atoms with Gasteiger partial charge in [0.25, 0.3) is 21.0 Å². The molecule has 0 bridgehead atoms. The third kappa shape index (κ3) is 3.92. The number of anilines is 1. The van der Waals surface area contributed by atoms with E-state index in [1.54, 1.807) is 33.8 Å². The van der Waals surface area contributed by atoms with Gasteiger partial charge in [-0.3, -0.25) is 4.72 Å². The summed E-state index contributed by atoms with van der Waals surface area (Å²) >= 11 is 6.14. The van der Waals surface area contributed by atoms with Crippen LogP contribution in [0, 0.1) is 13.8 Å². The zero-order valence-electron chi connectivity index (χ0n) is 15.6. The first kappa shape index (κ1) is 20.0. The van der Waals surface area contributed by atoms with Crippen LogP contribution in [0.2, 0.25) is 5.02 Å². The molecule has 11 heteroatoms. The normalized spacial score (nSPS) is 11.8. The Labute approximate surface area is 166 Å². The number of rotatable bonds is 5. The monoisotopic (exact) mass is 423 g/mol. The Kier molecular flexibility index (Phi) is 5.26. The van der Waals surface area contributed by atoms with Gasteiger partial charge in [-0.15, -0.1) is 5.10 Å². The second-order valence-corrected chi connectivity index (χ2v) is 8.35. The van der Waals surface area contributed by atoms with E-state index in [0.29, 0.717) is 11.4 Å². The summed E-state index contributed by atoms with van der Waals surface area (Å²) in [5.41, 5.74) is 1.24. The van der Waals surface area contributed by atoms with Crippen molar-refractivity contribution in [1.29, 1.82) is 0 Å². The van der Waals surface area contributed by atoms with Gasteiger partial charge >= 0.3 is 5.97 Å². The number of halogens is 1. The molecule has 0 unspecified atom stereocenters. The van der Waals surface area contributed by atoms with E-state index in [1.807, 2.05) is 0 Å². The average Bonchev–Trinajstić information content (AvgIpc) is 3.01. The molecule has 0 fully saturated rings. The Bertz CT molecular complexity index is 1170. The Balaban J connectivity index is 2.04. The highest BCUT2D eigenvalue weighted by Crippen LogP contribution is 2.29. The van der Waals surface area contributed by atoms with E-state index in [1.165, 1.54) is 22.7 Å². The van der Waals surface area contributed by atoms with Crippen molar-refractivity contribution in [3.63, 3.8) is 0 Å². The van der Waals surface area contributed by atoms with Gasteiger partial charge < -0.3 is 4.74 Å². The van der Waals surface area contributed by atoms with Crippen molar-refractivity contribution >= 4 is 39.1 Å². The standard InChI is InChI=1S/C17H18ClN5O4S/c1-9(2)27-15(24)12-6-5-7-13(18)14(12)22-28(25,26)17-20-16-19-10(3)8-11(4)23(16)21-17/h5-9,22H,1-4H3. The average molecular weight is 424 g/mol. The van der Waals surface area contributed by atoms with Crippen LogP contribution < -0.4 is 4.72 Å². The summed E-state index contributed by atoms with van der Waals surface area (Å²) in [7, 11) is -4.24. The lowest BCUT2D eigenvalue weighted by Gasteiger charge is -2.13. The Morgan fingerprint density at radius 2 is 1.96 bits per heavy atom. The zero-order valence-corrected chi connectivity index (χ0v) is 17.2. The van der Waals surface area contributed by atoms with Crippen LogP contribution in [0.3, 0.4) is 0 Å². The predicted octanol–water partition coefficient (Wildman–Crippen LogP) is 2.76.